The highest BCUT2D eigenvalue weighted by Gasteiger charge is 2.22. The summed E-state index contributed by atoms with van der Waals surface area (Å²) in [5.74, 6) is -2.07. The average Bonchev–Trinajstić information content (AvgIpc) is 2.79. The van der Waals surface area contributed by atoms with Crippen molar-refractivity contribution in [3.8, 4) is 11.1 Å². The highest BCUT2D eigenvalue weighted by atomic mass is 35.5. The molecule has 1 unspecified atom stereocenters. The van der Waals surface area contributed by atoms with Crippen LogP contribution in [0.3, 0.4) is 0 Å². The first-order chi connectivity index (χ1) is 14.9. The Kier molecular flexibility index (Phi) is 7.74. The van der Waals surface area contributed by atoms with Gasteiger partial charge < -0.3 is 5.11 Å². The van der Waals surface area contributed by atoms with Crippen molar-refractivity contribution in [1.82, 2.24) is 0 Å². The number of carbonyl (C=O) groups excluding carboxylic acids is 2. The van der Waals surface area contributed by atoms with E-state index < -0.39 is 11.9 Å². The third-order valence-electron chi connectivity index (χ3n) is 5.22. The molecule has 31 heavy (non-hydrogen) atoms. The molecular formula is C26H23ClO4. The minimum absolute atomic E-state index is 0.0196. The van der Waals surface area contributed by atoms with E-state index in [0.717, 1.165) is 11.1 Å². The zero-order chi connectivity index (χ0) is 22.2. The summed E-state index contributed by atoms with van der Waals surface area (Å²) in [4.78, 5) is 36.4. The Labute approximate surface area is 186 Å². The molecule has 5 heteroatoms. The molecule has 3 aromatic carbocycles. The van der Waals surface area contributed by atoms with Crippen molar-refractivity contribution >= 4 is 29.1 Å². The molecule has 0 aliphatic heterocycles. The minimum atomic E-state index is -1.02. The molecule has 0 fully saturated rings. The lowest BCUT2D eigenvalue weighted by Gasteiger charge is -2.12. The summed E-state index contributed by atoms with van der Waals surface area (Å²) in [5, 5.41) is 10.2. The number of halogens is 1. The molecule has 0 amide bonds. The maximum Gasteiger partial charge on any atom is 0.306 e. The number of benzene rings is 3. The van der Waals surface area contributed by atoms with Crippen LogP contribution < -0.4 is 0 Å². The molecular weight excluding hydrogens is 412 g/mol. The fraction of sp³-hybridized carbons (Fsp3) is 0.192. The molecule has 0 aromatic heterocycles. The third kappa shape index (κ3) is 6.37. The van der Waals surface area contributed by atoms with Gasteiger partial charge in [-0.3, -0.25) is 14.4 Å². The van der Waals surface area contributed by atoms with Gasteiger partial charge in [-0.1, -0.05) is 78.3 Å². The molecule has 1 N–H and O–H groups in total. The summed E-state index contributed by atoms with van der Waals surface area (Å²) >= 11 is 5.91. The molecule has 0 saturated carbocycles. The van der Waals surface area contributed by atoms with E-state index in [1.807, 2.05) is 30.3 Å². The number of aliphatic carboxylic acids is 1. The lowest BCUT2D eigenvalue weighted by molar-refractivity contribution is -0.141. The normalized spacial score (nSPS) is 11.6. The maximum absolute atomic E-state index is 12.6. The maximum atomic E-state index is 12.6. The van der Waals surface area contributed by atoms with Gasteiger partial charge in [-0.05, 0) is 36.1 Å². The van der Waals surface area contributed by atoms with Gasteiger partial charge in [0.15, 0.2) is 11.6 Å². The molecule has 0 bridgehead atoms. The number of hydrogen-bond acceptors (Lipinski definition) is 3. The van der Waals surface area contributed by atoms with Crippen LogP contribution >= 0.6 is 11.6 Å². The van der Waals surface area contributed by atoms with E-state index in [-0.39, 0.29) is 30.8 Å². The van der Waals surface area contributed by atoms with Crippen molar-refractivity contribution in [3.63, 3.8) is 0 Å². The van der Waals surface area contributed by atoms with Gasteiger partial charge in [-0.2, -0.15) is 0 Å². The van der Waals surface area contributed by atoms with E-state index >= 15 is 0 Å². The summed E-state index contributed by atoms with van der Waals surface area (Å²) in [6.07, 6.45) is 0.878. The van der Waals surface area contributed by atoms with E-state index in [2.05, 4.69) is 0 Å². The summed E-state index contributed by atoms with van der Waals surface area (Å²) in [5.41, 5.74) is 3.02. The van der Waals surface area contributed by atoms with E-state index in [9.17, 15) is 19.5 Å². The quantitative estimate of drug-likeness (QED) is 0.378. The molecule has 1 atom stereocenters. The molecule has 3 aromatic rings. The zero-order valence-electron chi connectivity index (χ0n) is 17.0. The Hall–Kier alpha value is -3.24. The van der Waals surface area contributed by atoms with Crippen LogP contribution in [0.25, 0.3) is 11.1 Å². The Morgan fingerprint density at radius 1 is 0.742 bits per heavy atom. The number of ketones is 2. The molecule has 158 valence electrons. The summed E-state index contributed by atoms with van der Waals surface area (Å²) in [7, 11) is 0. The van der Waals surface area contributed by atoms with Gasteiger partial charge in [0, 0.05) is 29.0 Å². The van der Waals surface area contributed by atoms with Crippen LogP contribution in [-0.4, -0.2) is 22.6 Å². The van der Waals surface area contributed by atoms with Gasteiger partial charge in [0.1, 0.15) is 0 Å². The Balaban J connectivity index is 1.56. The monoisotopic (exact) mass is 434 g/mol. The van der Waals surface area contributed by atoms with E-state index in [4.69, 9.17) is 11.6 Å². The van der Waals surface area contributed by atoms with Gasteiger partial charge in [0.2, 0.25) is 0 Å². The Morgan fingerprint density at radius 3 is 1.87 bits per heavy atom. The van der Waals surface area contributed by atoms with Crippen molar-refractivity contribution in [1.29, 1.82) is 0 Å². The summed E-state index contributed by atoms with van der Waals surface area (Å²) < 4.78 is 0. The molecule has 0 heterocycles. The highest BCUT2D eigenvalue weighted by molar-refractivity contribution is 6.30. The van der Waals surface area contributed by atoms with Crippen molar-refractivity contribution in [2.24, 2.45) is 5.92 Å². The van der Waals surface area contributed by atoms with Crippen molar-refractivity contribution < 1.29 is 19.5 Å². The number of carboxylic acids is 1. The molecule has 4 nitrogen and oxygen atoms in total. The van der Waals surface area contributed by atoms with Crippen molar-refractivity contribution in [2.75, 3.05) is 0 Å². The average molecular weight is 435 g/mol. The van der Waals surface area contributed by atoms with Crippen LogP contribution in [-0.2, 0) is 4.79 Å². The van der Waals surface area contributed by atoms with Crippen LogP contribution in [0.1, 0.15) is 46.4 Å². The first kappa shape index (κ1) is 22.4. The van der Waals surface area contributed by atoms with E-state index in [1.165, 1.54) is 0 Å². The van der Waals surface area contributed by atoms with Crippen LogP contribution in [0.4, 0.5) is 0 Å². The topological polar surface area (TPSA) is 71.4 Å². The predicted molar refractivity (Wildman–Crippen MR) is 122 cm³/mol. The largest absolute Gasteiger partial charge is 0.481 e. The van der Waals surface area contributed by atoms with Crippen LogP contribution in [0, 0.1) is 5.92 Å². The summed E-state index contributed by atoms with van der Waals surface area (Å²) in [6.45, 7) is 0. The first-order valence-electron chi connectivity index (χ1n) is 10.1. The van der Waals surface area contributed by atoms with Gasteiger partial charge in [0.05, 0.1) is 5.92 Å². The number of carbonyl (C=O) groups is 3. The second-order valence-corrected chi connectivity index (χ2v) is 7.86. The zero-order valence-corrected chi connectivity index (χ0v) is 17.7. The van der Waals surface area contributed by atoms with Gasteiger partial charge in [-0.15, -0.1) is 0 Å². The van der Waals surface area contributed by atoms with Crippen LogP contribution in [0.5, 0.6) is 0 Å². The van der Waals surface area contributed by atoms with Gasteiger partial charge >= 0.3 is 5.97 Å². The number of carboxylic acid groups (broad SMARTS) is 1. The second-order valence-electron chi connectivity index (χ2n) is 7.43. The molecule has 0 aliphatic carbocycles. The highest BCUT2D eigenvalue weighted by Crippen LogP contribution is 2.23. The SMILES string of the molecule is O=C(CCCC(CC(=O)c1ccc(-c2ccc(Cl)cc2)cc1)C(=O)O)c1ccccc1. The molecule has 0 radical (unpaired) electrons. The van der Waals surface area contributed by atoms with Crippen molar-refractivity contribution in [3.05, 3.63) is 95.0 Å². The third-order valence-corrected chi connectivity index (χ3v) is 5.47. The first-order valence-corrected chi connectivity index (χ1v) is 10.5. The molecule has 0 saturated heterocycles. The lowest BCUT2D eigenvalue weighted by Crippen LogP contribution is -2.18. The lowest BCUT2D eigenvalue weighted by atomic mass is 9.92. The van der Waals surface area contributed by atoms with E-state index in [1.54, 1.807) is 48.5 Å². The number of rotatable bonds is 10. The molecule has 3 rings (SSSR count). The van der Waals surface area contributed by atoms with Crippen LogP contribution in [0.15, 0.2) is 78.9 Å². The number of hydrogen-bond donors (Lipinski definition) is 1. The van der Waals surface area contributed by atoms with Crippen LogP contribution in [0.2, 0.25) is 5.02 Å². The predicted octanol–water partition coefficient (Wildman–Crippen LogP) is 6.33. The fourth-order valence-electron chi connectivity index (χ4n) is 3.42. The number of Topliss-reactive ketones (excluding diaryl/α,β-unsaturated/α-hetero) is 2. The van der Waals surface area contributed by atoms with E-state index in [0.29, 0.717) is 22.6 Å². The van der Waals surface area contributed by atoms with Gasteiger partial charge in [-0.25, -0.2) is 0 Å². The molecule has 0 aliphatic rings. The Bertz CT molecular complexity index is 1040. The Morgan fingerprint density at radius 2 is 1.29 bits per heavy atom. The van der Waals surface area contributed by atoms with Crippen molar-refractivity contribution in [2.45, 2.75) is 25.7 Å². The fourth-order valence-corrected chi connectivity index (χ4v) is 3.55. The minimum Gasteiger partial charge on any atom is -0.481 e. The van der Waals surface area contributed by atoms with Gasteiger partial charge in [0.25, 0.3) is 0 Å². The second kappa shape index (κ2) is 10.7. The summed E-state index contributed by atoms with van der Waals surface area (Å²) in [6, 6.07) is 23.4. The molecule has 0 spiro atoms. The standard InChI is InChI=1S/C26H23ClO4/c27-23-15-13-19(14-16-23)18-9-11-21(12-10-18)25(29)17-22(26(30)31)7-4-8-24(28)20-5-2-1-3-6-20/h1-3,5-6,9-16,22H,4,7-8,17H2,(H,30,31). The smallest absolute Gasteiger partial charge is 0.306 e.